The molecule has 0 bridgehead atoms. The number of phenols is 1. The van der Waals surface area contributed by atoms with Gasteiger partial charge in [-0.25, -0.2) is 4.98 Å². The summed E-state index contributed by atoms with van der Waals surface area (Å²) in [5.74, 6) is 0.349. The number of fused-ring (bicyclic) bond motifs is 1. The average Bonchev–Trinajstić information content (AvgIpc) is 2.41. The fourth-order valence-electron chi connectivity index (χ4n) is 1.75. The molecule has 0 saturated heterocycles. The molecule has 0 radical (unpaired) electrons. The molecule has 0 spiro atoms. The molecule has 2 heterocycles. The Bertz CT molecular complexity index is 862. The van der Waals surface area contributed by atoms with Gasteiger partial charge in [-0.2, -0.15) is 0 Å². The minimum absolute atomic E-state index is 0.00808. The van der Waals surface area contributed by atoms with E-state index in [1.807, 2.05) is 0 Å². The third kappa shape index (κ3) is 1.89. The van der Waals surface area contributed by atoms with Crippen LogP contribution in [-0.2, 0) is 0 Å². The van der Waals surface area contributed by atoms with Crippen molar-refractivity contribution in [1.29, 1.82) is 0 Å². The van der Waals surface area contributed by atoms with E-state index in [1.165, 1.54) is 18.2 Å². The van der Waals surface area contributed by atoms with Crippen molar-refractivity contribution in [2.75, 3.05) is 0 Å². The molecule has 0 aliphatic carbocycles. The molecule has 0 aliphatic rings. The molecule has 0 fully saturated rings. The first-order valence-corrected chi connectivity index (χ1v) is 5.46. The number of aromatic nitrogens is 2. The number of hydrogen-bond donors (Lipinski definition) is 2. The minimum Gasteiger partial charge on any atom is -0.508 e. The van der Waals surface area contributed by atoms with Crippen LogP contribution in [0.15, 0.2) is 50.7 Å². The number of aromatic amines is 1. The third-order valence-corrected chi connectivity index (χ3v) is 2.67. The summed E-state index contributed by atoms with van der Waals surface area (Å²) < 4.78 is 5.41. The summed E-state index contributed by atoms with van der Waals surface area (Å²) >= 11 is 0. The second-order valence-corrected chi connectivity index (χ2v) is 3.93. The zero-order chi connectivity index (χ0) is 13.4. The zero-order valence-corrected chi connectivity index (χ0v) is 9.58. The van der Waals surface area contributed by atoms with Crippen LogP contribution >= 0.6 is 0 Å². The van der Waals surface area contributed by atoms with Crippen LogP contribution in [0.2, 0.25) is 0 Å². The third-order valence-electron chi connectivity index (χ3n) is 2.67. The van der Waals surface area contributed by atoms with E-state index in [0.717, 1.165) is 6.33 Å². The van der Waals surface area contributed by atoms with Gasteiger partial charge in [0, 0.05) is 11.6 Å². The highest BCUT2D eigenvalue weighted by atomic mass is 16.3. The fourth-order valence-corrected chi connectivity index (χ4v) is 1.75. The van der Waals surface area contributed by atoms with Gasteiger partial charge >= 0.3 is 0 Å². The van der Waals surface area contributed by atoms with E-state index < -0.39 is 11.0 Å². The molecule has 2 aromatic heterocycles. The van der Waals surface area contributed by atoms with Gasteiger partial charge in [0.1, 0.15) is 11.5 Å². The molecule has 0 atom stereocenters. The van der Waals surface area contributed by atoms with Crippen LogP contribution < -0.4 is 11.0 Å². The molecular formula is C13H8N2O4. The van der Waals surface area contributed by atoms with Crippen molar-refractivity contribution in [3.63, 3.8) is 0 Å². The average molecular weight is 256 g/mol. The Morgan fingerprint density at radius 3 is 2.63 bits per heavy atom. The number of H-pyrrole nitrogens is 1. The number of rotatable bonds is 1. The highest BCUT2D eigenvalue weighted by molar-refractivity contribution is 5.73. The maximum absolute atomic E-state index is 11.9. The van der Waals surface area contributed by atoms with Crippen molar-refractivity contribution in [1.82, 2.24) is 9.97 Å². The summed E-state index contributed by atoms with van der Waals surface area (Å²) in [6.07, 6.45) is 1.15. The molecule has 0 unspecified atom stereocenters. The van der Waals surface area contributed by atoms with E-state index in [2.05, 4.69) is 9.97 Å². The molecule has 6 heteroatoms. The highest BCUT2D eigenvalue weighted by Crippen LogP contribution is 2.22. The smallest absolute Gasteiger partial charge is 0.294 e. The van der Waals surface area contributed by atoms with Crippen molar-refractivity contribution < 1.29 is 9.52 Å². The zero-order valence-electron chi connectivity index (χ0n) is 9.58. The molecule has 19 heavy (non-hydrogen) atoms. The van der Waals surface area contributed by atoms with Gasteiger partial charge in [-0.15, -0.1) is 0 Å². The van der Waals surface area contributed by atoms with Crippen LogP contribution in [-0.4, -0.2) is 15.1 Å². The number of phenolic OH excluding ortho intramolecular Hbond substituents is 1. The Hall–Kier alpha value is -2.89. The normalized spacial score (nSPS) is 10.7. The van der Waals surface area contributed by atoms with Gasteiger partial charge in [0.25, 0.3) is 5.56 Å². The van der Waals surface area contributed by atoms with Crippen LogP contribution in [0.1, 0.15) is 0 Å². The first-order chi connectivity index (χ1) is 9.15. The highest BCUT2D eigenvalue weighted by Gasteiger charge is 2.10. The van der Waals surface area contributed by atoms with Crippen LogP contribution in [0, 0.1) is 0 Å². The number of hydrogen-bond acceptors (Lipinski definition) is 5. The Labute approximate surface area is 106 Å². The standard InChI is InChI=1S/C13H8N2O4/c16-8-3-1-7(2-4-8)10-5-9(17)11-12(19-10)13(18)15-6-14-11/h1-6,16H,(H,14,15,18). The van der Waals surface area contributed by atoms with Gasteiger partial charge in [0.2, 0.25) is 11.0 Å². The molecular weight excluding hydrogens is 248 g/mol. The number of nitrogens with zero attached hydrogens (tertiary/aromatic N) is 1. The predicted molar refractivity (Wildman–Crippen MR) is 68.0 cm³/mol. The topological polar surface area (TPSA) is 96.2 Å². The first kappa shape index (κ1) is 11.2. The molecule has 1 aromatic carbocycles. The van der Waals surface area contributed by atoms with E-state index in [9.17, 15) is 14.7 Å². The van der Waals surface area contributed by atoms with Crippen LogP contribution in [0.25, 0.3) is 22.4 Å². The van der Waals surface area contributed by atoms with Crippen LogP contribution in [0.5, 0.6) is 5.75 Å². The van der Waals surface area contributed by atoms with Crippen molar-refractivity contribution >= 4 is 11.1 Å². The fraction of sp³-hybridized carbons (Fsp3) is 0. The maximum Gasteiger partial charge on any atom is 0.294 e. The van der Waals surface area contributed by atoms with Crippen LogP contribution in [0.4, 0.5) is 0 Å². The Balaban J connectivity index is 2.32. The summed E-state index contributed by atoms with van der Waals surface area (Å²) in [6.45, 7) is 0. The summed E-state index contributed by atoms with van der Waals surface area (Å²) in [4.78, 5) is 29.6. The Kier molecular flexibility index (Phi) is 2.42. The molecule has 3 rings (SSSR count). The number of benzene rings is 1. The van der Waals surface area contributed by atoms with Crippen molar-refractivity contribution in [2.24, 2.45) is 0 Å². The minimum atomic E-state index is -0.511. The molecule has 94 valence electrons. The molecule has 2 N–H and O–H groups in total. The molecule has 0 saturated carbocycles. The van der Waals surface area contributed by atoms with Crippen molar-refractivity contribution in [2.45, 2.75) is 0 Å². The lowest BCUT2D eigenvalue weighted by atomic mass is 10.1. The SMILES string of the molecule is O=c1cc(-c2ccc(O)cc2)oc2c(=O)[nH]cnc12. The van der Waals surface area contributed by atoms with E-state index in [4.69, 9.17) is 4.42 Å². The van der Waals surface area contributed by atoms with Gasteiger partial charge < -0.3 is 14.5 Å². The van der Waals surface area contributed by atoms with Crippen molar-refractivity contribution in [3.05, 3.63) is 57.2 Å². The second kappa shape index (κ2) is 4.09. The largest absolute Gasteiger partial charge is 0.508 e. The predicted octanol–water partition coefficient (Wildman–Crippen LogP) is 1.25. The van der Waals surface area contributed by atoms with Gasteiger partial charge in [-0.1, -0.05) is 0 Å². The van der Waals surface area contributed by atoms with Crippen molar-refractivity contribution in [3.8, 4) is 17.1 Å². The molecule has 0 amide bonds. The monoisotopic (exact) mass is 256 g/mol. The van der Waals surface area contributed by atoms with E-state index in [1.54, 1.807) is 12.1 Å². The Morgan fingerprint density at radius 2 is 1.89 bits per heavy atom. The van der Waals surface area contributed by atoms with Gasteiger partial charge in [-0.3, -0.25) is 9.59 Å². The van der Waals surface area contributed by atoms with E-state index in [-0.39, 0.29) is 22.6 Å². The van der Waals surface area contributed by atoms with Crippen LogP contribution in [0.3, 0.4) is 0 Å². The van der Waals surface area contributed by atoms with E-state index in [0.29, 0.717) is 5.56 Å². The summed E-state index contributed by atoms with van der Waals surface area (Å²) in [7, 11) is 0. The molecule has 0 aliphatic heterocycles. The second-order valence-electron chi connectivity index (χ2n) is 3.93. The lowest BCUT2D eigenvalue weighted by Gasteiger charge is -2.02. The quantitative estimate of drug-likeness (QED) is 0.683. The van der Waals surface area contributed by atoms with E-state index >= 15 is 0 Å². The number of aromatic hydroxyl groups is 1. The maximum atomic E-state index is 11.9. The first-order valence-electron chi connectivity index (χ1n) is 5.46. The van der Waals surface area contributed by atoms with Gasteiger partial charge in [-0.05, 0) is 24.3 Å². The lowest BCUT2D eigenvalue weighted by Crippen LogP contribution is -2.12. The molecule has 6 nitrogen and oxygen atoms in total. The summed E-state index contributed by atoms with van der Waals surface area (Å²) in [5.41, 5.74) is -0.442. The van der Waals surface area contributed by atoms with Gasteiger partial charge in [0.15, 0.2) is 5.52 Å². The summed E-state index contributed by atoms with van der Waals surface area (Å²) in [5, 5.41) is 9.22. The van der Waals surface area contributed by atoms with Gasteiger partial charge in [0.05, 0.1) is 6.33 Å². The molecule has 3 aromatic rings. The number of nitrogens with one attached hydrogen (secondary N) is 1. The summed E-state index contributed by atoms with van der Waals surface area (Å²) in [6, 6.07) is 7.37. The Morgan fingerprint density at radius 1 is 1.16 bits per heavy atom. The lowest BCUT2D eigenvalue weighted by molar-refractivity contribution is 0.475.